The zero-order valence-corrected chi connectivity index (χ0v) is 15.1. The summed E-state index contributed by atoms with van der Waals surface area (Å²) in [6.45, 7) is 5.79. The van der Waals surface area contributed by atoms with Gasteiger partial charge in [-0.1, -0.05) is 42.6 Å². The highest BCUT2D eigenvalue weighted by molar-refractivity contribution is 9.10. The first-order valence-corrected chi connectivity index (χ1v) is 8.94. The SMILES string of the molecule is CCCNC(Cc1cc(Br)ccc1OC)C1(C)CCCC1. The Labute approximate surface area is 137 Å². The van der Waals surface area contributed by atoms with Gasteiger partial charge in [-0.2, -0.15) is 0 Å². The predicted octanol–water partition coefficient (Wildman–Crippen LogP) is 4.95. The zero-order chi connectivity index (χ0) is 15.3. The normalized spacial score (nSPS) is 18.7. The maximum atomic E-state index is 5.55. The molecule has 1 N–H and O–H groups in total. The number of hydrogen-bond donors (Lipinski definition) is 1. The first-order valence-electron chi connectivity index (χ1n) is 8.15. The van der Waals surface area contributed by atoms with Gasteiger partial charge in [0.1, 0.15) is 5.75 Å². The van der Waals surface area contributed by atoms with Gasteiger partial charge in [0.05, 0.1) is 7.11 Å². The summed E-state index contributed by atoms with van der Waals surface area (Å²) in [7, 11) is 1.76. The van der Waals surface area contributed by atoms with E-state index in [-0.39, 0.29) is 0 Å². The van der Waals surface area contributed by atoms with Gasteiger partial charge in [0, 0.05) is 10.5 Å². The van der Waals surface area contributed by atoms with Crippen molar-refractivity contribution in [3.8, 4) is 5.75 Å². The number of halogens is 1. The molecule has 0 saturated heterocycles. The molecular formula is C18H28BrNO. The standard InChI is InChI=1S/C18H28BrNO/c1-4-11-20-17(18(2)9-5-6-10-18)13-14-12-15(19)7-8-16(14)21-3/h7-8,12,17,20H,4-6,9-11,13H2,1-3H3. The van der Waals surface area contributed by atoms with E-state index in [1.54, 1.807) is 7.11 Å². The smallest absolute Gasteiger partial charge is 0.122 e. The molecule has 0 aliphatic heterocycles. The number of hydrogen-bond acceptors (Lipinski definition) is 2. The Kier molecular flexibility index (Phi) is 6.12. The Hall–Kier alpha value is -0.540. The molecule has 0 aromatic heterocycles. The van der Waals surface area contributed by atoms with Crippen molar-refractivity contribution in [1.29, 1.82) is 0 Å². The van der Waals surface area contributed by atoms with Crippen molar-refractivity contribution in [3.05, 3.63) is 28.2 Å². The Balaban J connectivity index is 2.20. The van der Waals surface area contributed by atoms with Crippen LogP contribution in [0.1, 0.15) is 51.5 Å². The lowest BCUT2D eigenvalue weighted by Gasteiger charge is -2.35. The first-order chi connectivity index (χ1) is 10.1. The van der Waals surface area contributed by atoms with Gasteiger partial charge in [-0.15, -0.1) is 0 Å². The summed E-state index contributed by atoms with van der Waals surface area (Å²) >= 11 is 3.59. The van der Waals surface area contributed by atoms with Gasteiger partial charge in [0.2, 0.25) is 0 Å². The summed E-state index contributed by atoms with van der Waals surface area (Å²) in [6.07, 6.45) is 7.64. The Bertz CT molecular complexity index is 455. The second-order valence-corrected chi connectivity index (χ2v) is 7.44. The summed E-state index contributed by atoms with van der Waals surface area (Å²) < 4.78 is 6.68. The van der Waals surface area contributed by atoms with Crippen LogP contribution in [0.3, 0.4) is 0 Å². The molecule has 0 radical (unpaired) electrons. The van der Waals surface area contributed by atoms with E-state index < -0.39 is 0 Å². The minimum absolute atomic E-state index is 0.419. The summed E-state index contributed by atoms with van der Waals surface area (Å²) in [5.74, 6) is 1.00. The minimum atomic E-state index is 0.419. The topological polar surface area (TPSA) is 21.3 Å². The fraction of sp³-hybridized carbons (Fsp3) is 0.667. The minimum Gasteiger partial charge on any atom is -0.496 e. The highest BCUT2D eigenvalue weighted by atomic mass is 79.9. The number of methoxy groups -OCH3 is 1. The molecule has 21 heavy (non-hydrogen) atoms. The number of nitrogens with one attached hydrogen (secondary N) is 1. The molecule has 0 bridgehead atoms. The van der Waals surface area contributed by atoms with Crippen molar-refractivity contribution in [2.45, 2.75) is 58.4 Å². The average molecular weight is 354 g/mol. The molecule has 1 fully saturated rings. The molecule has 1 aromatic rings. The van der Waals surface area contributed by atoms with Gasteiger partial charge >= 0.3 is 0 Å². The molecule has 1 aliphatic carbocycles. The Morgan fingerprint density at radius 2 is 2.05 bits per heavy atom. The number of ether oxygens (including phenoxy) is 1. The van der Waals surface area contributed by atoms with Crippen molar-refractivity contribution >= 4 is 15.9 Å². The summed E-state index contributed by atoms with van der Waals surface area (Å²) in [4.78, 5) is 0. The predicted molar refractivity (Wildman–Crippen MR) is 93.1 cm³/mol. The molecule has 1 aromatic carbocycles. The van der Waals surface area contributed by atoms with E-state index in [2.05, 4.69) is 47.2 Å². The maximum absolute atomic E-state index is 5.55. The fourth-order valence-corrected chi connectivity index (χ4v) is 3.95. The molecule has 1 saturated carbocycles. The second kappa shape index (κ2) is 7.64. The molecule has 0 heterocycles. The highest BCUT2D eigenvalue weighted by Crippen LogP contribution is 2.42. The van der Waals surface area contributed by atoms with Gasteiger partial charge in [0.25, 0.3) is 0 Å². The summed E-state index contributed by atoms with van der Waals surface area (Å²) in [5, 5.41) is 3.80. The molecule has 0 amide bonds. The van der Waals surface area contributed by atoms with Crippen LogP contribution < -0.4 is 10.1 Å². The van der Waals surface area contributed by atoms with Crippen LogP contribution in [0.4, 0.5) is 0 Å². The van der Waals surface area contributed by atoms with Gasteiger partial charge in [-0.05, 0) is 61.4 Å². The van der Waals surface area contributed by atoms with Crippen LogP contribution >= 0.6 is 15.9 Å². The molecule has 1 aliphatic rings. The summed E-state index contributed by atoms with van der Waals surface area (Å²) in [6, 6.07) is 6.85. The zero-order valence-electron chi connectivity index (χ0n) is 13.5. The van der Waals surface area contributed by atoms with E-state index >= 15 is 0 Å². The third kappa shape index (κ3) is 4.23. The van der Waals surface area contributed by atoms with Gasteiger partial charge in [-0.3, -0.25) is 0 Å². The van der Waals surface area contributed by atoms with E-state index in [4.69, 9.17) is 4.74 Å². The molecule has 2 rings (SSSR count). The quantitative estimate of drug-likeness (QED) is 0.748. The van der Waals surface area contributed by atoms with E-state index in [9.17, 15) is 0 Å². The monoisotopic (exact) mass is 353 g/mol. The van der Waals surface area contributed by atoms with Crippen LogP contribution in [0.5, 0.6) is 5.75 Å². The largest absolute Gasteiger partial charge is 0.496 e. The second-order valence-electron chi connectivity index (χ2n) is 6.53. The van der Waals surface area contributed by atoms with E-state index in [0.29, 0.717) is 11.5 Å². The molecule has 2 nitrogen and oxygen atoms in total. The van der Waals surface area contributed by atoms with Crippen LogP contribution in [0, 0.1) is 5.41 Å². The van der Waals surface area contributed by atoms with Crippen molar-refractivity contribution in [3.63, 3.8) is 0 Å². The molecule has 118 valence electrons. The van der Waals surface area contributed by atoms with Crippen LogP contribution in [-0.4, -0.2) is 19.7 Å². The van der Waals surface area contributed by atoms with Crippen molar-refractivity contribution in [2.24, 2.45) is 5.41 Å². The van der Waals surface area contributed by atoms with E-state index in [1.807, 2.05) is 6.07 Å². The lowest BCUT2D eigenvalue weighted by molar-refractivity contribution is 0.218. The average Bonchev–Trinajstić information content (AvgIpc) is 2.91. The Morgan fingerprint density at radius 1 is 1.33 bits per heavy atom. The third-order valence-corrected chi connectivity index (χ3v) is 5.39. The van der Waals surface area contributed by atoms with Crippen molar-refractivity contribution in [2.75, 3.05) is 13.7 Å². The van der Waals surface area contributed by atoms with Gasteiger partial charge in [0.15, 0.2) is 0 Å². The fourth-order valence-electron chi connectivity index (χ4n) is 3.54. The lowest BCUT2D eigenvalue weighted by atomic mass is 9.77. The van der Waals surface area contributed by atoms with Gasteiger partial charge in [-0.25, -0.2) is 0 Å². The molecular weight excluding hydrogens is 326 g/mol. The lowest BCUT2D eigenvalue weighted by Crippen LogP contribution is -2.44. The molecule has 3 heteroatoms. The van der Waals surface area contributed by atoms with Crippen molar-refractivity contribution in [1.82, 2.24) is 5.32 Å². The number of benzene rings is 1. The van der Waals surface area contributed by atoms with E-state index in [1.165, 1.54) is 37.7 Å². The van der Waals surface area contributed by atoms with Crippen LogP contribution in [0.25, 0.3) is 0 Å². The first kappa shape index (κ1) is 16.8. The van der Waals surface area contributed by atoms with Gasteiger partial charge < -0.3 is 10.1 Å². The van der Waals surface area contributed by atoms with Crippen molar-refractivity contribution < 1.29 is 4.74 Å². The van der Waals surface area contributed by atoms with E-state index in [0.717, 1.165) is 23.2 Å². The van der Waals surface area contributed by atoms with Crippen LogP contribution in [-0.2, 0) is 6.42 Å². The molecule has 0 spiro atoms. The van der Waals surface area contributed by atoms with Crippen LogP contribution in [0.2, 0.25) is 0 Å². The third-order valence-electron chi connectivity index (χ3n) is 4.89. The Morgan fingerprint density at radius 3 is 2.67 bits per heavy atom. The molecule has 1 atom stereocenters. The van der Waals surface area contributed by atoms with Crippen LogP contribution in [0.15, 0.2) is 22.7 Å². The number of rotatable bonds is 7. The highest BCUT2D eigenvalue weighted by Gasteiger charge is 2.36. The maximum Gasteiger partial charge on any atom is 0.122 e. The summed E-state index contributed by atoms with van der Waals surface area (Å²) in [5.41, 5.74) is 1.72. The molecule has 1 unspecified atom stereocenters.